The molecule has 0 saturated carbocycles. The molecule has 2 heterocycles. The lowest BCUT2D eigenvalue weighted by molar-refractivity contribution is -0.146. The van der Waals surface area contributed by atoms with Gasteiger partial charge in [0.1, 0.15) is 11.9 Å². The van der Waals surface area contributed by atoms with Crippen LogP contribution in [0.1, 0.15) is 58.2 Å². The highest BCUT2D eigenvalue weighted by Crippen LogP contribution is 2.29. The van der Waals surface area contributed by atoms with E-state index < -0.39 is 24.0 Å². The average Bonchev–Trinajstić information content (AvgIpc) is 3.40. The molecule has 164 valence electrons. The van der Waals surface area contributed by atoms with E-state index in [1.54, 1.807) is 18.3 Å². The Morgan fingerprint density at radius 3 is 2.48 bits per heavy atom. The third-order valence-corrected chi connectivity index (χ3v) is 6.17. The number of aromatic nitrogens is 2. The molecular formula is C23H26N2O5S. The highest BCUT2D eigenvalue weighted by molar-refractivity contribution is 7.09. The third-order valence-electron chi connectivity index (χ3n) is 5.27. The number of benzene rings is 1. The Morgan fingerprint density at radius 2 is 1.90 bits per heavy atom. The van der Waals surface area contributed by atoms with Gasteiger partial charge in [0, 0.05) is 17.8 Å². The molecular weight excluding hydrogens is 416 g/mol. The number of carboxylic acid groups (broad SMARTS) is 2. The lowest BCUT2D eigenvalue weighted by Crippen LogP contribution is -2.26. The van der Waals surface area contributed by atoms with E-state index in [1.165, 1.54) is 23.5 Å². The molecule has 0 spiro atoms. The van der Waals surface area contributed by atoms with Crippen molar-refractivity contribution in [1.82, 2.24) is 9.55 Å². The first-order valence-corrected chi connectivity index (χ1v) is 11.1. The maximum atomic E-state index is 11.9. The number of hydrogen-bond acceptors (Lipinski definition) is 5. The Balaban J connectivity index is 1.92. The zero-order chi connectivity index (χ0) is 22.4. The zero-order valence-electron chi connectivity index (χ0n) is 17.3. The zero-order valence-corrected chi connectivity index (χ0v) is 18.1. The Labute approximate surface area is 184 Å². The fourth-order valence-electron chi connectivity index (χ4n) is 3.50. The van der Waals surface area contributed by atoms with Crippen LogP contribution in [0.3, 0.4) is 0 Å². The molecule has 0 saturated heterocycles. The quantitative estimate of drug-likeness (QED) is 0.414. The van der Waals surface area contributed by atoms with Crippen LogP contribution in [0.2, 0.25) is 0 Å². The lowest BCUT2D eigenvalue weighted by atomic mass is 9.95. The summed E-state index contributed by atoms with van der Waals surface area (Å²) in [7, 11) is 0. The topological polar surface area (TPSA) is 113 Å². The van der Waals surface area contributed by atoms with Crippen LogP contribution in [-0.4, -0.2) is 36.8 Å². The first-order valence-electron chi connectivity index (χ1n) is 10.2. The predicted molar refractivity (Wildman–Crippen MR) is 117 cm³/mol. The van der Waals surface area contributed by atoms with Crippen molar-refractivity contribution >= 4 is 23.3 Å². The van der Waals surface area contributed by atoms with Gasteiger partial charge in [-0.1, -0.05) is 31.5 Å². The summed E-state index contributed by atoms with van der Waals surface area (Å²) in [4.78, 5) is 28.4. The summed E-state index contributed by atoms with van der Waals surface area (Å²) >= 11 is 1.46. The maximum absolute atomic E-state index is 11.9. The number of unbranched alkanes of at least 4 members (excludes halogenated alkanes) is 1. The van der Waals surface area contributed by atoms with Crippen molar-refractivity contribution in [3.63, 3.8) is 0 Å². The normalized spacial score (nSPS) is 13.1. The molecule has 0 radical (unpaired) electrons. The number of aliphatic hydroxyl groups excluding tert-OH is 1. The van der Waals surface area contributed by atoms with Crippen molar-refractivity contribution < 1.29 is 24.9 Å². The summed E-state index contributed by atoms with van der Waals surface area (Å²) in [5, 5.41) is 31.8. The van der Waals surface area contributed by atoms with Crippen molar-refractivity contribution in [2.75, 3.05) is 0 Å². The van der Waals surface area contributed by atoms with Gasteiger partial charge < -0.3 is 19.9 Å². The summed E-state index contributed by atoms with van der Waals surface area (Å²) < 4.78 is 1.86. The number of imidazole rings is 1. The minimum atomic E-state index is -1.22. The number of nitrogens with zero attached hydrogens (tertiary/aromatic N) is 2. The van der Waals surface area contributed by atoms with Gasteiger partial charge in [0.25, 0.3) is 0 Å². The summed E-state index contributed by atoms with van der Waals surface area (Å²) in [6.45, 7) is 2.45. The Hall–Kier alpha value is -2.97. The SMILES string of the molecule is CCCCc1ncc(C(O)C(Cc2cccs2)C(=O)O)n1Cc1ccc(C(=O)O)cc1. The van der Waals surface area contributed by atoms with Crippen LogP contribution in [-0.2, 0) is 24.2 Å². The fraction of sp³-hybridized carbons (Fsp3) is 0.348. The van der Waals surface area contributed by atoms with Crippen LogP contribution in [0.4, 0.5) is 0 Å². The predicted octanol–water partition coefficient (Wildman–Crippen LogP) is 4.01. The van der Waals surface area contributed by atoms with Crippen LogP contribution < -0.4 is 0 Å². The first kappa shape index (κ1) is 22.7. The molecule has 2 atom stereocenters. The molecule has 0 aliphatic rings. The van der Waals surface area contributed by atoms with Crippen LogP contribution in [0.25, 0.3) is 0 Å². The van der Waals surface area contributed by atoms with Gasteiger partial charge in [-0.2, -0.15) is 0 Å². The van der Waals surface area contributed by atoms with E-state index >= 15 is 0 Å². The number of carboxylic acids is 2. The van der Waals surface area contributed by atoms with Crippen molar-refractivity contribution in [3.8, 4) is 0 Å². The molecule has 2 aromatic heterocycles. The number of aliphatic carboxylic acids is 1. The van der Waals surface area contributed by atoms with Gasteiger partial charge in [0.2, 0.25) is 0 Å². The second-order valence-corrected chi connectivity index (χ2v) is 8.50. The summed E-state index contributed by atoms with van der Waals surface area (Å²) in [6, 6.07) is 10.2. The first-order chi connectivity index (χ1) is 14.9. The average molecular weight is 443 g/mol. The number of rotatable bonds is 11. The number of aryl methyl sites for hydroxylation is 1. The second-order valence-electron chi connectivity index (χ2n) is 7.46. The molecule has 0 aliphatic carbocycles. The summed E-state index contributed by atoms with van der Waals surface area (Å²) in [5.74, 6) is -2.28. The minimum absolute atomic E-state index is 0.197. The van der Waals surface area contributed by atoms with Gasteiger partial charge in [-0.25, -0.2) is 9.78 Å². The largest absolute Gasteiger partial charge is 0.481 e. The summed E-state index contributed by atoms with van der Waals surface area (Å²) in [5.41, 5.74) is 1.50. The Morgan fingerprint density at radius 1 is 1.16 bits per heavy atom. The van der Waals surface area contributed by atoms with Crippen molar-refractivity contribution in [1.29, 1.82) is 0 Å². The molecule has 8 heteroatoms. The second kappa shape index (κ2) is 10.4. The molecule has 3 rings (SSSR count). The molecule has 31 heavy (non-hydrogen) atoms. The van der Waals surface area contributed by atoms with Gasteiger partial charge in [-0.15, -0.1) is 11.3 Å². The molecule has 3 N–H and O–H groups in total. The molecule has 7 nitrogen and oxygen atoms in total. The van der Waals surface area contributed by atoms with Crippen LogP contribution in [0.5, 0.6) is 0 Å². The smallest absolute Gasteiger partial charge is 0.335 e. The minimum Gasteiger partial charge on any atom is -0.481 e. The van der Waals surface area contributed by atoms with E-state index in [4.69, 9.17) is 5.11 Å². The number of aromatic carboxylic acids is 1. The molecule has 0 fully saturated rings. The molecule has 0 bridgehead atoms. The van der Waals surface area contributed by atoms with E-state index in [-0.39, 0.29) is 12.0 Å². The third kappa shape index (κ3) is 5.59. The lowest BCUT2D eigenvalue weighted by Gasteiger charge is -2.21. The highest BCUT2D eigenvalue weighted by atomic mass is 32.1. The van der Waals surface area contributed by atoms with E-state index in [0.29, 0.717) is 18.7 Å². The van der Waals surface area contributed by atoms with Crippen molar-refractivity contribution in [2.45, 2.75) is 45.3 Å². The van der Waals surface area contributed by atoms with E-state index in [9.17, 15) is 19.8 Å². The van der Waals surface area contributed by atoms with Gasteiger partial charge in [-0.3, -0.25) is 4.79 Å². The monoisotopic (exact) mass is 442 g/mol. The number of aliphatic hydroxyl groups is 1. The number of carbonyl (C=O) groups is 2. The van der Waals surface area contributed by atoms with Gasteiger partial charge in [-0.05, 0) is 42.0 Å². The molecule has 1 aromatic carbocycles. The molecule has 3 aromatic rings. The van der Waals surface area contributed by atoms with Crippen LogP contribution in [0.15, 0.2) is 48.0 Å². The standard InChI is InChI=1S/C23H26N2O5S/c1-2-3-6-20-24-13-19(21(26)18(23(29)30)12-17-5-4-11-31-17)25(20)14-15-7-9-16(10-8-15)22(27)28/h4-5,7-11,13,18,21,26H,2-3,6,12,14H2,1H3,(H,27,28)(H,29,30). The Kier molecular flexibility index (Phi) is 7.59. The van der Waals surface area contributed by atoms with Gasteiger partial charge in [0.15, 0.2) is 0 Å². The van der Waals surface area contributed by atoms with E-state index in [2.05, 4.69) is 11.9 Å². The fourth-order valence-corrected chi connectivity index (χ4v) is 4.27. The van der Waals surface area contributed by atoms with E-state index in [0.717, 1.165) is 29.1 Å². The number of thiophene rings is 1. The van der Waals surface area contributed by atoms with Gasteiger partial charge in [0.05, 0.1) is 23.4 Å². The van der Waals surface area contributed by atoms with Crippen molar-refractivity contribution in [3.05, 3.63) is 75.5 Å². The molecule has 0 aliphatic heterocycles. The molecule has 2 unspecified atom stereocenters. The van der Waals surface area contributed by atoms with Crippen LogP contribution >= 0.6 is 11.3 Å². The van der Waals surface area contributed by atoms with Crippen LogP contribution in [0, 0.1) is 5.92 Å². The van der Waals surface area contributed by atoms with Crippen molar-refractivity contribution in [2.24, 2.45) is 5.92 Å². The highest BCUT2D eigenvalue weighted by Gasteiger charge is 2.31. The van der Waals surface area contributed by atoms with E-state index in [1.807, 2.05) is 22.1 Å². The molecule has 0 amide bonds. The number of hydrogen-bond donors (Lipinski definition) is 3. The summed E-state index contributed by atoms with van der Waals surface area (Å²) in [6.07, 6.45) is 3.18. The maximum Gasteiger partial charge on any atom is 0.335 e. The Bertz CT molecular complexity index is 1010. The van der Waals surface area contributed by atoms with Gasteiger partial charge >= 0.3 is 11.9 Å².